The number of carbonyl (C=O) groups is 1. The Kier molecular flexibility index (Phi) is 7.15. The normalized spacial score (nSPS) is 18.0. The first-order chi connectivity index (χ1) is 17.5. The minimum absolute atomic E-state index is 0.0247. The van der Waals surface area contributed by atoms with Crippen LogP contribution >= 0.6 is 0 Å². The van der Waals surface area contributed by atoms with Crippen LogP contribution in [0, 0.1) is 0 Å². The number of aryl methyl sites for hydroxylation is 1. The molecule has 3 aromatic rings. The summed E-state index contributed by atoms with van der Waals surface area (Å²) in [5, 5.41) is 14.5. The molecule has 1 atom stereocenters. The fourth-order valence-electron chi connectivity index (χ4n) is 4.32. The largest absolute Gasteiger partial charge is 0.484 e. The molecule has 1 aliphatic heterocycles. The summed E-state index contributed by atoms with van der Waals surface area (Å²) in [6.45, 7) is 5.41. The number of benzene rings is 3. The van der Waals surface area contributed by atoms with Crippen molar-refractivity contribution >= 4 is 11.6 Å². The Balaban J connectivity index is 1.50. The predicted molar refractivity (Wildman–Crippen MR) is 135 cm³/mol. The molecular formula is C29H29F3N2O3. The molecule has 0 unspecified atom stereocenters. The van der Waals surface area contributed by atoms with Gasteiger partial charge in [-0.05, 0) is 40.8 Å². The Morgan fingerprint density at radius 2 is 1.57 bits per heavy atom. The first kappa shape index (κ1) is 26.4. The number of aliphatic hydroxyl groups is 1. The highest BCUT2D eigenvalue weighted by Crippen LogP contribution is 2.41. The van der Waals surface area contributed by atoms with Crippen molar-refractivity contribution in [3.8, 4) is 5.75 Å². The second-order valence-electron chi connectivity index (χ2n) is 9.60. The number of alkyl halides is 3. The minimum atomic E-state index is -5.11. The van der Waals surface area contributed by atoms with Gasteiger partial charge in [-0.1, -0.05) is 87.5 Å². The van der Waals surface area contributed by atoms with Crippen molar-refractivity contribution in [1.29, 1.82) is 0 Å². The van der Waals surface area contributed by atoms with E-state index in [1.54, 1.807) is 36.4 Å². The van der Waals surface area contributed by atoms with Gasteiger partial charge in [-0.15, -0.1) is 0 Å². The number of hydrogen-bond donors (Lipinski definition) is 1. The summed E-state index contributed by atoms with van der Waals surface area (Å²) in [4.78, 5) is 12.8. The smallest absolute Gasteiger partial charge is 0.438 e. The van der Waals surface area contributed by atoms with Crippen LogP contribution in [0.15, 0.2) is 84.0 Å². The first-order valence-electron chi connectivity index (χ1n) is 12.0. The molecule has 194 valence electrons. The summed E-state index contributed by atoms with van der Waals surface area (Å²) in [5.74, 6) is -0.788. The van der Waals surface area contributed by atoms with Crippen LogP contribution in [0.25, 0.3) is 0 Å². The fourth-order valence-corrected chi connectivity index (χ4v) is 4.32. The molecule has 0 bridgehead atoms. The number of rotatable bonds is 7. The summed E-state index contributed by atoms with van der Waals surface area (Å²) >= 11 is 0. The van der Waals surface area contributed by atoms with E-state index in [4.69, 9.17) is 4.74 Å². The summed E-state index contributed by atoms with van der Waals surface area (Å²) in [6.07, 6.45) is -5.20. The molecule has 0 spiro atoms. The number of hydrogen-bond acceptors (Lipinski definition) is 4. The second-order valence-corrected chi connectivity index (χ2v) is 9.60. The maximum absolute atomic E-state index is 13.9. The van der Waals surface area contributed by atoms with Gasteiger partial charge in [0.05, 0.1) is 12.1 Å². The summed E-state index contributed by atoms with van der Waals surface area (Å²) in [5.41, 5.74) is -0.210. The Hall–Kier alpha value is -3.65. The lowest BCUT2D eigenvalue weighted by atomic mass is 9.78. The molecule has 0 radical (unpaired) electrons. The van der Waals surface area contributed by atoms with E-state index in [0.717, 1.165) is 23.1 Å². The van der Waals surface area contributed by atoms with Crippen LogP contribution < -0.4 is 4.74 Å². The van der Waals surface area contributed by atoms with Gasteiger partial charge in [-0.3, -0.25) is 4.79 Å². The Morgan fingerprint density at radius 1 is 0.973 bits per heavy atom. The number of carbonyl (C=O) groups excluding carboxylic acids is 1. The molecule has 1 heterocycles. The third-order valence-corrected chi connectivity index (χ3v) is 6.80. The Labute approximate surface area is 214 Å². The Morgan fingerprint density at radius 3 is 2.14 bits per heavy atom. The molecule has 0 aromatic heterocycles. The highest BCUT2D eigenvalue weighted by Gasteiger charge is 2.63. The third kappa shape index (κ3) is 5.25. The van der Waals surface area contributed by atoms with Gasteiger partial charge in [0.25, 0.3) is 11.6 Å². The summed E-state index contributed by atoms with van der Waals surface area (Å²) < 4.78 is 47.1. The molecule has 0 saturated carbocycles. The zero-order valence-corrected chi connectivity index (χ0v) is 20.9. The number of ether oxygens (including phenoxy) is 1. The number of nitrogens with zero attached hydrogens (tertiary/aromatic N) is 2. The van der Waals surface area contributed by atoms with Crippen LogP contribution in [0.3, 0.4) is 0 Å². The molecule has 0 saturated heterocycles. The molecule has 8 heteroatoms. The van der Waals surface area contributed by atoms with Gasteiger partial charge in [-0.2, -0.15) is 23.3 Å². The highest BCUT2D eigenvalue weighted by molar-refractivity contribution is 6.03. The van der Waals surface area contributed by atoms with Gasteiger partial charge < -0.3 is 9.84 Å². The van der Waals surface area contributed by atoms with Crippen LogP contribution in [0.2, 0.25) is 0 Å². The lowest BCUT2D eigenvalue weighted by molar-refractivity contribution is -0.302. The van der Waals surface area contributed by atoms with Crippen LogP contribution in [-0.2, 0) is 16.6 Å². The second kappa shape index (κ2) is 10.0. The molecule has 1 amide bonds. The van der Waals surface area contributed by atoms with E-state index in [2.05, 4.69) is 18.9 Å². The average molecular weight is 511 g/mol. The van der Waals surface area contributed by atoms with Gasteiger partial charge in [0.1, 0.15) is 5.75 Å². The average Bonchev–Trinajstić information content (AvgIpc) is 3.27. The number of halogens is 3. The third-order valence-electron chi connectivity index (χ3n) is 6.80. The maximum atomic E-state index is 13.9. The lowest BCUT2D eigenvalue weighted by Crippen LogP contribution is -2.57. The SMILES string of the molecule is CCc1ccc(C2=NN(C(=O)COc3ccc(C(C)(C)c4ccccc4)cc3)[C@](O)(C(F)(F)F)C2)cc1. The van der Waals surface area contributed by atoms with Gasteiger partial charge in [0, 0.05) is 5.41 Å². The monoisotopic (exact) mass is 510 g/mol. The van der Waals surface area contributed by atoms with Crippen LogP contribution in [0.1, 0.15) is 49.4 Å². The first-order valence-corrected chi connectivity index (χ1v) is 12.0. The molecule has 3 aromatic carbocycles. The number of hydrazone groups is 1. The molecule has 4 rings (SSSR count). The zero-order valence-electron chi connectivity index (χ0n) is 20.9. The molecule has 5 nitrogen and oxygen atoms in total. The van der Waals surface area contributed by atoms with E-state index >= 15 is 0 Å². The molecule has 1 N–H and O–H groups in total. The van der Waals surface area contributed by atoms with Gasteiger partial charge in [0.15, 0.2) is 6.61 Å². The van der Waals surface area contributed by atoms with Crippen molar-refractivity contribution in [2.45, 2.75) is 50.9 Å². The van der Waals surface area contributed by atoms with Crippen molar-refractivity contribution in [2.24, 2.45) is 5.10 Å². The van der Waals surface area contributed by atoms with E-state index in [1.807, 2.05) is 49.4 Å². The van der Waals surface area contributed by atoms with E-state index in [9.17, 15) is 23.1 Å². The van der Waals surface area contributed by atoms with Gasteiger partial charge in [0.2, 0.25) is 0 Å². The standard InChI is InChI=1S/C29H29F3N2O3/c1-4-20-10-12-21(13-11-20)25-18-28(36,29(30,31)32)34(33-25)26(35)19-37-24-16-14-23(15-17-24)27(2,3)22-8-6-5-7-9-22/h5-17,36H,4,18-19H2,1-3H3/t28-/m1/s1. The lowest BCUT2D eigenvalue weighted by Gasteiger charge is -2.32. The molecule has 1 aliphatic rings. The van der Waals surface area contributed by atoms with Crippen molar-refractivity contribution in [3.63, 3.8) is 0 Å². The number of amides is 1. The van der Waals surface area contributed by atoms with Crippen molar-refractivity contribution < 1.29 is 27.8 Å². The van der Waals surface area contributed by atoms with E-state index in [-0.39, 0.29) is 16.1 Å². The van der Waals surface area contributed by atoms with Crippen LogP contribution in [0.4, 0.5) is 13.2 Å². The summed E-state index contributed by atoms with van der Waals surface area (Å²) in [6, 6.07) is 23.8. The van der Waals surface area contributed by atoms with Crippen molar-refractivity contribution in [2.75, 3.05) is 6.61 Å². The van der Waals surface area contributed by atoms with E-state index in [0.29, 0.717) is 11.3 Å². The quantitative estimate of drug-likeness (QED) is 0.434. The topological polar surface area (TPSA) is 62.1 Å². The fraction of sp³-hybridized carbons (Fsp3) is 0.310. The predicted octanol–water partition coefficient (Wildman–Crippen LogP) is 5.84. The van der Waals surface area contributed by atoms with Crippen molar-refractivity contribution in [1.82, 2.24) is 5.01 Å². The molecular weight excluding hydrogens is 481 g/mol. The van der Waals surface area contributed by atoms with Gasteiger partial charge in [-0.25, -0.2) is 0 Å². The van der Waals surface area contributed by atoms with Gasteiger partial charge >= 0.3 is 6.18 Å². The van der Waals surface area contributed by atoms with Crippen molar-refractivity contribution in [3.05, 3.63) is 101 Å². The molecule has 0 aliphatic carbocycles. The molecule has 37 heavy (non-hydrogen) atoms. The van der Waals surface area contributed by atoms with Crippen LogP contribution in [-0.4, -0.2) is 40.2 Å². The minimum Gasteiger partial charge on any atom is -0.484 e. The van der Waals surface area contributed by atoms with Crippen LogP contribution in [0.5, 0.6) is 5.75 Å². The van der Waals surface area contributed by atoms with E-state index in [1.165, 1.54) is 0 Å². The zero-order chi connectivity index (χ0) is 26.8. The Bertz CT molecular complexity index is 1270. The molecule has 0 fully saturated rings. The maximum Gasteiger partial charge on any atom is 0.438 e. The summed E-state index contributed by atoms with van der Waals surface area (Å²) in [7, 11) is 0. The van der Waals surface area contributed by atoms with E-state index < -0.39 is 30.8 Å². The highest BCUT2D eigenvalue weighted by atomic mass is 19.4.